The molecule has 0 spiro atoms. The number of unbranched alkanes of at least 4 members (excludes halogenated alkanes) is 1. The smallest absolute Gasteiger partial charge is 0.319 e. The second-order valence-corrected chi connectivity index (χ2v) is 5.74. The van der Waals surface area contributed by atoms with Gasteiger partial charge in [-0.1, -0.05) is 0 Å². The minimum atomic E-state index is -0.761. The van der Waals surface area contributed by atoms with Crippen molar-refractivity contribution < 1.29 is 19.1 Å². The molecule has 7 heteroatoms. The van der Waals surface area contributed by atoms with Crippen molar-refractivity contribution in [2.75, 3.05) is 25.0 Å². The number of anilines is 1. The molecular weight excluding hydrogens is 301 g/mol. The first kappa shape index (κ1) is 17.2. The Hall–Kier alpha value is -2.15. The number of urea groups is 1. The van der Waals surface area contributed by atoms with Crippen LogP contribution in [0.1, 0.15) is 25.7 Å². The van der Waals surface area contributed by atoms with Crippen LogP contribution >= 0.6 is 0 Å². The van der Waals surface area contributed by atoms with Gasteiger partial charge in [0.25, 0.3) is 0 Å². The number of rotatable bonds is 7. The quantitative estimate of drug-likeness (QED) is 0.672. The van der Waals surface area contributed by atoms with Crippen molar-refractivity contribution in [3.05, 3.63) is 30.1 Å². The molecule has 1 heterocycles. The van der Waals surface area contributed by atoms with Crippen LogP contribution in [0.4, 0.5) is 14.9 Å². The molecule has 1 aromatic rings. The van der Waals surface area contributed by atoms with Crippen LogP contribution in [0, 0.1) is 5.82 Å². The van der Waals surface area contributed by atoms with E-state index in [2.05, 4.69) is 15.5 Å². The highest BCUT2D eigenvalue weighted by molar-refractivity contribution is 5.89. The standard InChI is InChI=1S/C16H22FN3O3/c17-12-4-6-13(7-5-12)18-16(23)19-14-8-10-20(11-14)9-2-1-3-15(21)22/h4-7,14H,1-3,8-11H2,(H,21,22)(H2,18,19,23). The molecule has 0 radical (unpaired) electrons. The topological polar surface area (TPSA) is 81.7 Å². The summed E-state index contributed by atoms with van der Waals surface area (Å²) in [6, 6.07) is 5.40. The van der Waals surface area contributed by atoms with Gasteiger partial charge in [-0.05, 0) is 50.1 Å². The number of carbonyl (C=O) groups is 2. The maximum Gasteiger partial charge on any atom is 0.319 e. The van der Waals surface area contributed by atoms with Crippen molar-refractivity contribution in [1.29, 1.82) is 0 Å². The number of nitrogens with one attached hydrogen (secondary N) is 2. The number of aliphatic carboxylic acids is 1. The maximum absolute atomic E-state index is 12.8. The third kappa shape index (κ3) is 6.23. The highest BCUT2D eigenvalue weighted by Gasteiger charge is 2.23. The highest BCUT2D eigenvalue weighted by Crippen LogP contribution is 2.12. The highest BCUT2D eigenvalue weighted by atomic mass is 19.1. The Morgan fingerprint density at radius 1 is 1.26 bits per heavy atom. The number of likely N-dealkylation sites (tertiary alicyclic amines) is 1. The SMILES string of the molecule is O=C(O)CCCCN1CCC(NC(=O)Nc2ccc(F)cc2)C1. The van der Waals surface area contributed by atoms with Crippen molar-refractivity contribution >= 4 is 17.7 Å². The molecule has 1 saturated heterocycles. The molecule has 6 nitrogen and oxygen atoms in total. The van der Waals surface area contributed by atoms with Gasteiger partial charge in [-0.2, -0.15) is 0 Å². The Kier molecular flexibility index (Phi) is 6.34. The van der Waals surface area contributed by atoms with Crippen LogP contribution in [0.2, 0.25) is 0 Å². The van der Waals surface area contributed by atoms with Gasteiger partial charge in [0, 0.05) is 31.2 Å². The number of amides is 2. The molecule has 126 valence electrons. The summed E-state index contributed by atoms with van der Waals surface area (Å²) < 4.78 is 12.8. The number of hydrogen-bond donors (Lipinski definition) is 3. The normalized spacial score (nSPS) is 17.9. The molecule has 0 bridgehead atoms. The Bertz CT molecular complexity index is 536. The number of carbonyl (C=O) groups excluding carboxylic acids is 1. The van der Waals surface area contributed by atoms with E-state index < -0.39 is 5.97 Å². The van der Waals surface area contributed by atoms with E-state index in [4.69, 9.17) is 5.11 Å². The molecule has 1 aliphatic heterocycles. The van der Waals surface area contributed by atoms with Crippen LogP contribution in [-0.2, 0) is 4.79 Å². The Morgan fingerprint density at radius 3 is 2.70 bits per heavy atom. The molecule has 1 atom stereocenters. The molecule has 0 saturated carbocycles. The Morgan fingerprint density at radius 2 is 2.00 bits per heavy atom. The lowest BCUT2D eigenvalue weighted by Gasteiger charge is -2.16. The average molecular weight is 323 g/mol. The lowest BCUT2D eigenvalue weighted by atomic mass is 10.2. The fourth-order valence-corrected chi connectivity index (χ4v) is 2.65. The molecule has 2 rings (SSSR count). The van der Waals surface area contributed by atoms with E-state index in [1.807, 2.05) is 0 Å². The first-order chi connectivity index (χ1) is 11.0. The zero-order chi connectivity index (χ0) is 16.7. The lowest BCUT2D eigenvalue weighted by Crippen LogP contribution is -2.39. The number of benzene rings is 1. The van der Waals surface area contributed by atoms with Crippen molar-refractivity contribution in [2.24, 2.45) is 0 Å². The van der Waals surface area contributed by atoms with Crippen LogP contribution in [0.5, 0.6) is 0 Å². The second-order valence-electron chi connectivity index (χ2n) is 5.74. The number of halogens is 1. The van der Waals surface area contributed by atoms with Gasteiger partial charge in [0.1, 0.15) is 5.82 Å². The molecule has 1 unspecified atom stereocenters. The van der Waals surface area contributed by atoms with Gasteiger partial charge in [-0.15, -0.1) is 0 Å². The fraction of sp³-hybridized carbons (Fsp3) is 0.500. The molecular formula is C16H22FN3O3. The summed E-state index contributed by atoms with van der Waals surface area (Å²) in [6.45, 7) is 2.52. The first-order valence-electron chi connectivity index (χ1n) is 7.80. The van der Waals surface area contributed by atoms with Crippen LogP contribution in [0.3, 0.4) is 0 Å². The van der Waals surface area contributed by atoms with E-state index in [9.17, 15) is 14.0 Å². The summed E-state index contributed by atoms with van der Waals surface area (Å²) in [7, 11) is 0. The van der Waals surface area contributed by atoms with Crippen LogP contribution in [0.25, 0.3) is 0 Å². The van der Waals surface area contributed by atoms with Crippen molar-refractivity contribution in [3.63, 3.8) is 0 Å². The molecule has 0 aliphatic carbocycles. The van der Waals surface area contributed by atoms with Gasteiger partial charge in [0.05, 0.1) is 0 Å². The number of hydrogen-bond acceptors (Lipinski definition) is 3. The summed E-state index contributed by atoms with van der Waals surface area (Å²) in [5.41, 5.74) is 0.549. The number of nitrogens with zero attached hydrogens (tertiary/aromatic N) is 1. The van der Waals surface area contributed by atoms with Crippen LogP contribution in [0.15, 0.2) is 24.3 Å². The van der Waals surface area contributed by atoms with Gasteiger partial charge in [0.15, 0.2) is 0 Å². The van der Waals surface area contributed by atoms with E-state index in [0.29, 0.717) is 12.1 Å². The monoisotopic (exact) mass is 323 g/mol. The van der Waals surface area contributed by atoms with E-state index in [0.717, 1.165) is 32.5 Å². The predicted molar refractivity (Wildman–Crippen MR) is 84.9 cm³/mol. The van der Waals surface area contributed by atoms with Gasteiger partial charge in [0.2, 0.25) is 0 Å². The molecule has 3 N–H and O–H groups in total. The van der Waals surface area contributed by atoms with E-state index in [-0.39, 0.29) is 24.3 Å². The summed E-state index contributed by atoms with van der Waals surface area (Å²) in [6.07, 6.45) is 2.60. The summed E-state index contributed by atoms with van der Waals surface area (Å²) >= 11 is 0. The first-order valence-corrected chi connectivity index (χ1v) is 7.80. The molecule has 2 amide bonds. The lowest BCUT2D eigenvalue weighted by molar-refractivity contribution is -0.137. The average Bonchev–Trinajstić information content (AvgIpc) is 2.93. The minimum absolute atomic E-state index is 0.0786. The molecule has 0 aromatic heterocycles. The largest absolute Gasteiger partial charge is 0.481 e. The third-order valence-electron chi connectivity index (χ3n) is 3.82. The molecule has 1 fully saturated rings. The molecule has 1 aliphatic rings. The zero-order valence-electron chi connectivity index (χ0n) is 12.9. The van der Waals surface area contributed by atoms with E-state index in [1.54, 1.807) is 0 Å². The molecule has 23 heavy (non-hydrogen) atoms. The minimum Gasteiger partial charge on any atom is -0.481 e. The van der Waals surface area contributed by atoms with Gasteiger partial charge < -0.3 is 20.6 Å². The van der Waals surface area contributed by atoms with E-state index >= 15 is 0 Å². The maximum atomic E-state index is 12.8. The van der Waals surface area contributed by atoms with Crippen molar-refractivity contribution in [3.8, 4) is 0 Å². The van der Waals surface area contributed by atoms with Crippen molar-refractivity contribution in [2.45, 2.75) is 31.7 Å². The Labute approximate surface area is 134 Å². The Balaban J connectivity index is 1.65. The summed E-state index contributed by atoms with van der Waals surface area (Å²) in [5, 5.41) is 14.2. The molecule has 1 aromatic carbocycles. The number of carboxylic acid groups (broad SMARTS) is 1. The van der Waals surface area contributed by atoms with Crippen LogP contribution in [-0.4, -0.2) is 47.7 Å². The summed E-state index contributed by atoms with van der Waals surface area (Å²) in [4.78, 5) is 24.6. The van der Waals surface area contributed by atoms with E-state index in [1.165, 1.54) is 24.3 Å². The van der Waals surface area contributed by atoms with Gasteiger partial charge in [-0.25, -0.2) is 9.18 Å². The predicted octanol–water partition coefficient (Wildman–Crippen LogP) is 2.28. The second kappa shape index (κ2) is 8.47. The van der Waals surface area contributed by atoms with Gasteiger partial charge in [-0.3, -0.25) is 4.79 Å². The third-order valence-corrected chi connectivity index (χ3v) is 3.82. The van der Waals surface area contributed by atoms with Crippen molar-refractivity contribution in [1.82, 2.24) is 10.2 Å². The number of carboxylic acids is 1. The zero-order valence-corrected chi connectivity index (χ0v) is 12.9. The van der Waals surface area contributed by atoms with Gasteiger partial charge >= 0.3 is 12.0 Å². The summed E-state index contributed by atoms with van der Waals surface area (Å²) in [5.74, 6) is -1.10. The van der Waals surface area contributed by atoms with Crippen LogP contribution < -0.4 is 10.6 Å². The fourth-order valence-electron chi connectivity index (χ4n) is 2.65.